The standard InChI is InChI=1S/C25H26ClFN6O2S/c1-25(2,3)35-24(34)31-15-12-19-20(18(28)7-8-29-4)21(16-6-5-14(27)11-17(16)26)32-22(33(19)13-15)23-30-9-10-36-23/h5-11,21,28-29H,12-13H2,1-4H3/b8-7-,28-18?,31-15-/t21-/m0/s1. The average molecular weight is 529 g/mol. The maximum Gasteiger partial charge on any atom is 0.434 e. The number of carbonyl (C=O) groups excluding carboxylic acids is 1. The topological polar surface area (TPSA) is 103 Å². The summed E-state index contributed by atoms with van der Waals surface area (Å²) in [5.74, 6) is 0.117. The molecule has 8 nitrogen and oxygen atoms in total. The number of ether oxygens (including phenoxy) is 1. The molecule has 188 valence electrons. The number of nitrogens with zero attached hydrogens (tertiary/aromatic N) is 4. The first-order valence-corrected chi connectivity index (χ1v) is 12.5. The molecule has 2 aromatic rings. The van der Waals surface area contributed by atoms with Crippen molar-refractivity contribution in [2.45, 2.75) is 38.8 Å². The third kappa shape index (κ3) is 5.55. The van der Waals surface area contributed by atoms with Crippen molar-refractivity contribution in [2.24, 2.45) is 9.98 Å². The molecule has 1 aromatic carbocycles. The Hall–Kier alpha value is -3.37. The lowest BCUT2D eigenvalue weighted by Gasteiger charge is -2.32. The van der Waals surface area contributed by atoms with Gasteiger partial charge in [0, 0.05) is 46.9 Å². The molecule has 1 atom stereocenters. The van der Waals surface area contributed by atoms with Crippen LogP contribution in [0.15, 0.2) is 63.3 Å². The van der Waals surface area contributed by atoms with Gasteiger partial charge in [-0.25, -0.2) is 14.2 Å². The van der Waals surface area contributed by atoms with Crippen LogP contribution >= 0.6 is 22.9 Å². The highest BCUT2D eigenvalue weighted by Crippen LogP contribution is 2.42. The first-order valence-electron chi connectivity index (χ1n) is 11.2. The van der Waals surface area contributed by atoms with Gasteiger partial charge < -0.3 is 20.4 Å². The van der Waals surface area contributed by atoms with E-state index < -0.39 is 23.6 Å². The number of amidine groups is 1. The fourth-order valence-corrected chi connectivity index (χ4v) is 4.89. The van der Waals surface area contributed by atoms with Crippen molar-refractivity contribution in [3.8, 4) is 0 Å². The Morgan fingerprint density at radius 3 is 2.83 bits per heavy atom. The van der Waals surface area contributed by atoms with Gasteiger partial charge in [0.2, 0.25) is 0 Å². The van der Waals surface area contributed by atoms with Crippen LogP contribution in [0.1, 0.15) is 43.8 Å². The second kappa shape index (κ2) is 10.3. The molecule has 2 N–H and O–H groups in total. The molecule has 2 aliphatic heterocycles. The van der Waals surface area contributed by atoms with Crippen molar-refractivity contribution in [3.63, 3.8) is 0 Å². The lowest BCUT2D eigenvalue weighted by atomic mass is 9.91. The van der Waals surface area contributed by atoms with Crippen LogP contribution in [0.25, 0.3) is 0 Å². The van der Waals surface area contributed by atoms with Gasteiger partial charge in [0.05, 0.1) is 18.0 Å². The summed E-state index contributed by atoms with van der Waals surface area (Å²) in [6.45, 7) is 5.64. The Morgan fingerprint density at radius 2 is 2.19 bits per heavy atom. The molecule has 1 amide bonds. The third-order valence-corrected chi connectivity index (χ3v) is 6.46. The number of rotatable bonds is 5. The molecule has 3 heterocycles. The van der Waals surface area contributed by atoms with Crippen molar-refractivity contribution in [3.05, 3.63) is 74.7 Å². The van der Waals surface area contributed by atoms with Crippen LogP contribution in [-0.2, 0) is 4.74 Å². The summed E-state index contributed by atoms with van der Waals surface area (Å²) in [5, 5.41) is 14.5. The van der Waals surface area contributed by atoms with Crippen molar-refractivity contribution >= 4 is 46.3 Å². The molecule has 1 fully saturated rings. The summed E-state index contributed by atoms with van der Waals surface area (Å²) in [5.41, 5.74) is 2.02. The summed E-state index contributed by atoms with van der Waals surface area (Å²) in [6, 6.07) is 3.46. The van der Waals surface area contributed by atoms with Crippen molar-refractivity contribution in [1.82, 2.24) is 15.2 Å². The van der Waals surface area contributed by atoms with Gasteiger partial charge in [0.1, 0.15) is 17.5 Å². The largest absolute Gasteiger partial charge is 0.442 e. The Morgan fingerprint density at radius 1 is 1.42 bits per heavy atom. The zero-order valence-corrected chi connectivity index (χ0v) is 21.9. The maximum atomic E-state index is 13.9. The summed E-state index contributed by atoms with van der Waals surface area (Å²) < 4.78 is 19.3. The van der Waals surface area contributed by atoms with Crippen LogP contribution in [0.3, 0.4) is 0 Å². The van der Waals surface area contributed by atoms with Gasteiger partial charge >= 0.3 is 6.09 Å². The smallest absolute Gasteiger partial charge is 0.434 e. The van der Waals surface area contributed by atoms with Crippen molar-refractivity contribution in [1.29, 1.82) is 5.41 Å². The van der Waals surface area contributed by atoms with Gasteiger partial charge in [-0.3, -0.25) is 4.99 Å². The van der Waals surface area contributed by atoms with E-state index in [1.807, 2.05) is 10.3 Å². The number of carbonyl (C=O) groups is 1. The molecular weight excluding hydrogens is 503 g/mol. The molecule has 11 heteroatoms. The number of fused-ring (bicyclic) bond motifs is 1. The number of thiazole rings is 1. The van der Waals surface area contributed by atoms with E-state index in [0.29, 0.717) is 40.7 Å². The Kier molecular flexibility index (Phi) is 7.37. The van der Waals surface area contributed by atoms with Gasteiger partial charge in [-0.05, 0) is 45.2 Å². The SMILES string of the molecule is CN/C=C\C(=N)C1=C2C/C(=N/C(=O)OC(C)(C)C)CN2C(c2nccs2)=N[C@H]1c1ccc(F)cc1Cl. The summed E-state index contributed by atoms with van der Waals surface area (Å²) >= 11 is 7.89. The monoisotopic (exact) mass is 528 g/mol. The summed E-state index contributed by atoms with van der Waals surface area (Å²) in [6.07, 6.45) is 4.59. The van der Waals surface area contributed by atoms with E-state index in [2.05, 4.69) is 15.3 Å². The highest BCUT2D eigenvalue weighted by molar-refractivity contribution is 7.11. The van der Waals surface area contributed by atoms with Gasteiger partial charge in [-0.15, -0.1) is 11.3 Å². The molecule has 4 rings (SSSR count). The molecule has 0 bridgehead atoms. The predicted molar refractivity (Wildman–Crippen MR) is 141 cm³/mol. The van der Waals surface area contributed by atoms with E-state index in [4.69, 9.17) is 26.7 Å². The first-order chi connectivity index (χ1) is 17.1. The van der Waals surface area contributed by atoms with Crippen LogP contribution in [-0.4, -0.2) is 52.4 Å². The highest BCUT2D eigenvalue weighted by atomic mass is 35.5. The Bertz CT molecular complexity index is 1310. The maximum absolute atomic E-state index is 13.9. The van der Waals surface area contributed by atoms with E-state index >= 15 is 0 Å². The number of aromatic nitrogens is 1. The number of benzene rings is 1. The van der Waals surface area contributed by atoms with Crippen LogP contribution in [0.5, 0.6) is 0 Å². The number of aliphatic imine (C=N–C) groups is 2. The molecule has 0 unspecified atom stereocenters. The minimum absolute atomic E-state index is 0.204. The van der Waals surface area contributed by atoms with Gasteiger partial charge in [-0.2, -0.15) is 4.99 Å². The van der Waals surface area contributed by atoms with Crippen molar-refractivity contribution in [2.75, 3.05) is 13.6 Å². The number of halogens is 2. The lowest BCUT2D eigenvalue weighted by Crippen LogP contribution is -2.35. The molecule has 0 radical (unpaired) electrons. The Balaban J connectivity index is 1.87. The van der Waals surface area contributed by atoms with Crippen LogP contribution in [0, 0.1) is 11.2 Å². The second-order valence-corrected chi connectivity index (χ2v) is 10.5. The normalized spacial score (nSPS) is 19.1. The van der Waals surface area contributed by atoms with E-state index in [0.717, 1.165) is 5.70 Å². The van der Waals surface area contributed by atoms with Gasteiger partial charge in [0.25, 0.3) is 0 Å². The number of amides is 1. The van der Waals surface area contributed by atoms with Gasteiger partial charge in [-0.1, -0.05) is 17.7 Å². The second-order valence-electron chi connectivity index (χ2n) is 9.18. The molecule has 1 saturated heterocycles. The fourth-order valence-electron chi connectivity index (χ4n) is 3.98. The highest BCUT2D eigenvalue weighted by Gasteiger charge is 2.39. The van der Waals surface area contributed by atoms with E-state index in [9.17, 15) is 9.18 Å². The molecule has 0 spiro atoms. The predicted octanol–water partition coefficient (Wildman–Crippen LogP) is 5.53. The average Bonchev–Trinajstić information content (AvgIpc) is 3.45. The number of nitrogens with one attached hydrogen (secondary N) is 2. The summed E-state index contributed by atoms with van der Waals surface area (Å²) in [7, 11) is 1.74. The number of allylic oxidation sites excluding steroid dienone is 2. The Labute approximate surface area is 217 Å². The fraction of sp³-hybridized carbons (Fsp3) is 0.320. The molecule has 2 aliphatic rings. The van der Waals surface area contributed by atoms with Crippen LogP contribution in [0.2, 0.25) is 5.02 Å². The lowest BCUT2D eigenvalue weighted by molar-refractivity contribution is 0.0604. The van der Waals surface area contributed by atoms with E-state index in [1.165, 1.54) is 23.5 Å². The van der Waals surface area contributed by atoms with Crippen molar-refractivity contribution < 1.29 is 13.9 Å². The minimum Gasteiger partial charge on any atom is -0.442 e. The van der Waals surface area contributed by atoms with E-state index in [1.54, 1.807) is 52.4 Å². The molecule has 0 aliphatic carbocycles. The van der Waals surface area contributed by atoms with Gasteiger partial charge in [0.15, 0.2) is 10.8 Å². The number of hydrogen-bond donors (Lipinski definition) is 2. The summed E-state index contributed by atoms with van der Waals surface area (Å²) in [4.78, 5) is 28.0. The van der Waals surface area contributed by atoms with Crippen LogP contribution < -0.4 is 5.32 Å². The zero-order chi connectivity index (χ0) is 26.0. The molecular formula is C25H26ClFN6O2S. The molecule has 1 aromatic heterocycles. The van der Waals surface area contributed by atoms with Crippen LogP contribution in [0.4, 0.5) is 9.18 Å². The third-order valence-electron chi connectivity index (χ3n) is 5.36. The molecule has 0 saturated carbocycles. The first kappa shape index (κ1) is 25.7. The number of hydrogen-bond acceptors (Lipinski definition) is 8. The minimum atomic E-state index is -0.682. The zero-order valence-electron chi connectivity index (χ0n) is 20.3. The van der Waals surface area contributed by atoms with E-state index in [-0.39, 0.29) is 10.7 Å². The molecule has 36 heavy (non-hydrogen) atoms. The quantitative estimate of drug-likeness (QED) is 0.497.